The Morgan fingerprint density at radius 1 is 0.733 bits per heavy atom. The van der Waals surface area contributed by atoms with E-state index in [1.54, 1.807) is 0 Å². The molecule has 30 heavy (non-hydrogen) atoms. The highest BCUT2D eigenvalue weighted by molar-refractivity contribution is 6.30. The summed E-state index contributed by atoms with van der Waals surface area (Å²) in [6.07, 6.45) is 15.8. The van der Waals surface area contributed by atoms with Gasteiger partial charge in [0.15, 0.2) is 0 Å². The van der Waals surface area contributed by atoms with E-state index in [0.717, 1.165) is 28.7 Å². The first kappa shape index (κ1) is 21.9. The van der Waals surface area contributed by atoms with E-state index < -0.39 is 0 Å². The lowest BCUT2D eigenvalue weighted by molar-refractivity contribution is 0.139. The summed E-state index contributed by atoms with van der Waals surface area (Å²) in [6, 6.07) is 19.6. The Morgan fingerprint density at radius 3 is 1.90 bits per heavy atom. The van der Waals surface area contributed by atoms with E-state index in [2.05, 4.69) is 49.4 Å². The average Bonchev–Trinajstić information content (AvgIpc) is 2.80. The molecule has 162 valence electrons. The summed E-state index contributed by atoms with van der Waals surface area (Å²) in [7, 11) is 0. The maximum Gasteiger partial charge on any atom is 0.0406 e. The summed E-state index contributed by atoms with van der Waals surface area (Å²) < 4.78 is 0. The van der Waals surface area contributed by atoms with Gasteiger partial charge in [-0.2, -0.15) is 0 Å². The Balaban J connectivity index is 1.15. The predicted molar refractivity (Wildman–Crippen MR) is 130 cm³/mol. The maximum atomic E-state index is 6.01. The van der Waals surface area contributed by atoms with E-state index in [1.807, 2.05) is 12.1 Å². The van der Waals surface area contributed by atoms with Crippen molar-refractivity contribution in [2.24, 2.45) is 23.7 Å². The van der Waals surface area contributed by atoms with E-state index in [1.165, 1.54) is 81.8 Å². The van der Waals surface area contributed by atoms with Crippen LogP contribution in [0.2, 0.25) is 5.02 Å². The lowest BCUT2D eigenvalue weighted by atomic mass is 9.67. The van der Waals surface area contributed by atoms with Gasteiger partial charge in [-0.25, -0.2) is 0 Å². The van der Waals surface area contributed by atoms with Crippen molar-refractivity contribution in [2.45, 2.75) is 83.5 Å². The van der Waals surface area contributed by atoms with Crippen LogP contribution in [0.4, 0.5) is 0 Å². The summed E-state index contributed by atoms with van der Waals surface area (Å²) in [5, 5.41) is 0.850. The minimum Gasteiger partial charge on any atom is -0.0843 e. The van der Waals surface area contributed by atoms with Crippen molar-refractivity contribution in [3.05, 3.63) is 70.7 Å². The fraction of sp³-hybridized carbons (Fsp3) is 0.586. The van der Waals surface area contributed by atoms with Crippen molar-refractivity contribution in [3.8, 4) is 0 Å². The lowest BCUT2D eigenvalue weighted by Crippen LogP contribution is -2.26. The van der Waals surface area contributed by atoms with Crippen LogP contribution in [0, 0.1) is 23.7 Å². The maximum absolute atomic E-state index is 6.01. The molecule has 2 aliphatic carbocycles. The zero-order valence-electron chi connectivity index (χ0n) is 18.7. The molecule has 2 saturated carbocycles. The van der Waals surface area contributed by atoms with Gasteiger partial charge >= 0.3 is 0 Å². The standard InChI is InChI=1S/C29H39Cl/c1-22(26-5-3-2-4-6-26)21-25-11-17-28(18-12-25)27-15-9-23(10-16-27)7-8-24-13-19-29(30)20-14-24/h2-6,13-14,19-20,22-23,25,27-28H,7-12,15-18,21H2,1H3. The van der Waals surface area contributed by atoms with Crippen LogP contribution in [0.1, 0.15) is 88.2 Å². The molecule has 2 fully saturated rings. The Kier molecular flexibility index (Phi) is 7.94. The molecule has 0 amide bonds. The number of benzene rings is 2. The van der Waals surface area contributed by atoms with Crippen molar-refractivity contribution in [1.29, 1.82) is 0 Å². The van der Waals surface area contributed by atoms with Gasteiger partial charge in [0.25, 0.3) is 0 Å². The minimum atomic E-state index is 0.712. The highest BCUT2D eigenvalue weighted by atomic mass is 35.5. The molecule has 2 aliphatic rings. The summed E-state index contributed by atoms with van der Waals surface area (Å²) >= 11 is 6.01. The molecule has 0 aliphatic heterocycles. The second kappa shape index (κ2) is 10.9. The topological polar surface area (TPSA) is 0 Å². The molecule has 2 aromatic rings. The molecule has 0 N–H and O–H groups in total. The van der Waals surface area contributed by atoms with Crippen LogP contribution in [0.5, 0.6) is 0 Å². The van der Waals surface area contributed by atoms with Crippen LogP contribution >= 0.6 is 11.6 Å². The molecule has 0 saturated heterocycles. The SMILES string of the molecule is CC(CC1CCC(C2CCC(CCc3ccc(Cl)cc3)CC2)CC1)c1ccccc1. The first-order valence-corrected chi connectivity index (χ1v) is 12.8. The van der Waals surface area contributed by atoms with E-state index in [4.69, 9.17) is 11.6 Å². The molecular weight excluding hydrogens is 384 g/mol. The smallest absolute Gasteiger partial charge is 0.0406 e. The van der Waals surface area contributed by atoms with Crippen LogP contribution in [0.3, 0.4) is 0 Å². The van der Waals surface area contributed by atoms with E-state index >= 15 is 0 Å². The highest BCUT2D eigenvalue weighted by Gasteiger charge is 2.31. The average molecular weight is 423 g/mol. The van der Waals surface area contributed by atoms with Crippen LogP contribution in [-0.2, 0) is 6.42 Å². The van der Waals surface area contributed by atoms with E-state index in [-0.39, 0.29) is 0 Å². The Hall–Kier alpha value is -1.27. The molecule has 0 bridgehead atoms. The predicted octanol–water partition coefficient (Wildman–Crippen LogP) is 9.08. The molecule has 0 radical (unpaired) electrons. The molecule has 1 heteroatoms. The van der Waals surface area contributed by atoms with Gasteiger partial charge in [0.05, 0.1) is 0 Å². The Bertz CT molecular complexity index is 734. The third-order valence-electron chi connectivity index (χ3n) is 8.26. The van der Waals surface area contributed by atoms with Crippen molar-refractivity contribution in [2.75, 3.05) is 0 Å². The van der Waals surface area contributed by atoms with Gasteiger partial charge in [-0.1, -0.05) is 86.7 Å². The van der Waals surface area contributed by atoms with Crippen LogP contribution in [-0.4, -0.2) is 0 Å². The zero-order valence-corrected chi connectivity index (χ0v) is 19.5. The van der Waals surface area contributed by atoms with E-state index in [9.17, 15) is 0 Å². The molecule has 0 heterocycles. The van der Waals surface area contributed by atoms with Crippen molar-refractivity contribution >= 4 is 11.6 Å². The molecule has 2 aromatic carbocycles. The largest absolute Gasteiger partial charge is 0.0843 e. The monoisotopic (exact) mass is 422 g/mol. The summed E-state index contributed by atoms with van der Waals surface area (Å²) in [5.41, 5.74) is 2.97. The Labute approximate surface area is 189 Å². The highest BCUT2D eigenvalue weighted by Crippen LogP contribution is 2.43. The molecule has 1 unspecified atom stereocenters. The van der Waals surface area contributed by atoms with Gasteiger partial charge in [-0.3, -0.25) is 0 Å². The number of halogens is 1. The minimum absolute atomic E-state index is 0.712. The van der Waals surface area contributed by atoms with Crippen molar-refractivity contribution in [1.82, 2.24) is 0 Å². The fourth-order valence-electron chi connectivity index (χ4n) is 6.28. The summed E-state index contributed by atoms with van der Waals surface area (Å²) in [6.45, 7) is 2.42. The van der Waals surface area contributed by atoms with Gasteiger partial charge in [-0.15, -0.1) is 0 Å². The molecule has 0 nitrogen and oxygen atoms in total. The van der Waals surface area contributed by atoms with Crippen LogP contribution < -0.4 is 0 Å². The zero-order chi connectivity index (χ0) is 20.8. The molecule has 1 atom stereocenters. The van der Waals surface area contributed by atoms with Gasteiger partial charge in [0, 0.05) is 5.02 Å². The van der Waals surface area contributed by atoms with E-state index in [0.29, 0.717) is 5.92 Å². The number of aryl methyl sites for hydroxylation is 1. The normalized spacial score (nSPS) is 28.2. The van der Waals surface area contributed by atoms with Gasteiger partial charge in [0.2, 0.25) is 0 Å². The third-order valence-corrected chi connectivity index (χ3v) is 8.51. The summed E-state index contributed by atoms with van der Waals surface area (Å²) in [4.78, 5) is 0. The lowest BCUT2D eigenvalue weighted by Gasteiger charge is -2.38. The van der Waals surface area contributed by atoms with Gasteiger partial charge in [-0.05, 0) is 97.8 Å². The number of rotatable bonds is 7. The third kappa shape index (κ3) is 6.13. The van der Waals surface area contributed by atoms with Gasteiger partial charge in [0.1, 0.15) is 0 Å². The molecule has 0 aromatic heterocycles. The van der Waals surface area contributed by atoms with Crippen LogP contribution in [0.15, 0.2) is 54.6 Å². The molecule has 4 rings (SSSR count). The van der Waals surface area contributed by atoms with Crippen LogP contribution in [0.25, 0.3) is 0 Å². The molecular formula is C29H39Cl. The quantitative estimate of drug-likeness (QED) is 0.417. The van der Waals surface area contributed by atoms with Gasteiger partial charge < -0.3 is 0 Å². The first-order chi connectivity index (χ1) is 14.7. The number of hydrogen-bond donors (Lipinski definition) is 0. The first-order valence-electron chi connectivity index (χ1n) is 12.5. The molecule has 0 spiro atoms. The Morgan fingerprint density at radius 2 is 1.30 bits per heavy atom. The van der Waals surface area contributed by atoms with Crippen molar-refractivity contribution < 1.29 is 0 Å². The fourth-order valence-corrected chi connectivity index (χ4v) is 6.41. The summed E-state index contributed by atoms with van der Waals surface area (Å²) in [5.74, 6) is 4.64. The number of hydrogen-bond acceptors (Lipinski definition) is 0. The second-order valence-corrected chi connectivity index (χ2v) is 10.7. The van der Waals surface area contributed by atoms with Crippen molar-refractivity contribution in [3.63, 3.8) is 0 Å². The second-order valence-electron chi connectivity index (χ2n) is 10.3.